The van der Waals surface area contributed by atoms with Gasteiger partial charge in [-0.05, 0) is 17.7 Å². The number of nitrogens with zero attached hydrogens (tertiary/aromatic N) is 1. The van der Waals surface area contributed by atoms with Gasteiger partial charge in [0, 0.05) is 11.3 Å². The van der Waals surface area contributed by atoms with Crippen molar-refractivity contribution in [3.63, 3.8) is 0 Å². The lowest BCUT2D eigenvalue weighted by Gasteiger charge is -2.22. The van der Waals surface area contributed by atoms with Crippen LogP contribution in [-0.4, -0.2) is 23.8 Å². The third kappa shape index (κ3) is 2.76. The minimum absolute atomic E-state index is 0.0225. The zero-order chi connectivity index (χ0) is 15.5. The first-order valence-corrected chi connectivity index (χ1v) is 8.03. The number of anilines is 1. The fraction of sp³-hybridized carbons (Fsp3) is 0.176. The number of ketones is 1. The Morgan fingerprint density at radius 1 is 1.18 bits per heavy atom. The first kappa shape index (κ1) is 14.8. The Labute approximate surface area is 136 Å². The molecular formula is C17H14BrNO3. The van der Waals surface area contributed by atoms with Crippen LogP contribution in [0.1, 0.15) is 22.0 Å². The Kier molecular flexibility index (Phi) is 4.24. The highest BCUT2D eigenvalue weighted by molar-refractivity contribution is 9.09. The molecule has 22 heavy (non-hydrogen) atoms. The van der Waals surface area contributed by atoms with Crippen molar-refractivity contribution in [3.05, 3.63) is 65.7 Å². The average Bonchev–Trinajstić information content (AvgIpc) is 2.96. The number of cyclic esters (lactones) is 1. The van der Waals surface area contributed by atoms with E-state index in [1.54, 1.807) is 23.1 Å². The van der Waals surface area contributed by atoms with E-state index in [9.17, 15) is 9.59 Å². The average molecular weight is 360 g/mol. The van der Waals surface area contributed by atoms with Gasteiger partial charge < -0.3 is 4.74 Å². The van der Waals surface area contributed by atoms with Gasteiger partial charge in [0.05, 0.1) is 11.4 Å². The number of benzene rings is 2. The van der Waals surface area contributed by atoms with Gasteiger partial charge in [0.15, 0.2) is 5.78 Å². The van der Waals surface area contributed by atoms with E-state index in [0.29, 0.717) is 17.9 Å². The van der Waals surface area contributed by atoms with Gasteiger partial charge in [-0.2, -0.15) is 0 Å². The largest absolute Gasteiger partial charge is 0.447 e. The molecule has 1 atom stereocenters. The molecule has 0 unspecified atom stereocenters. The molecule has 1 heterocycles. The Balaban J connectivity index is 1.98. The van der Waals surface area contributed by atoms with Crippen LogP contribution in [0.3, 0.4) is 0 Å². The number of alkyl halides is 1. The molecule has 0 N–H and O–H groups in total. The molecule has 112 valence electrons. The number of ether oxygens (including phenoxy) is 1. The van der Waals surface area contributed by atoms with E-state index >= 15 is 0 Å². The van der Waals surface area contributed by atoms with Crippen LogP contribution in [0.15, 0.2) is 54.6 Å². The molecule has 0 radical (unpaired) electrons. The minimum atomic E-state index is -0.391. The van der Waals surface area contributed by atoms with Gasteiger partial charge in [-0.15, -0.1) is 0 Å². The summed E-state index contributed by atoms with van der Waals surface area (Å²) in [6.07, 6.45) is -0.391. The van der Waals surface area contributed by atoms with E-state index in [1.165, 1.54) is 0 Å². The smallest absolute Gasteiger partial charge is 0.415 e. The number of hydrogen-bond donors (Lipinski definition) is 0. The molecule has 1 saturated heterocycles. The van der Waals surface area contributed by atoms with E-state index in [4.69, 9.17) is 4.74 Å². The van der Waals surface area contributed by atoms with E-state index in [2.05, 4.69) is 15.9 Å². The number of halogens is 1. The summed E-state index contributed by atoms with van der Waals surface area (Å²) in [6.45, 7) is 0.305. The molecule has 2 aromatic carbocycles. The number of Topliss-reactive ketones (excluding diaryl/α,β-unsaturated/α-hetero) is 1. The van der Waals surface area contributed by atoms with Crippen molar-refractivity contribution in [2.24, 2.45) is 0 Å². The van der Waals surface area contributed by atoms with Crippen LogP contribution < -0.4 is 4.90 Å². The minimum Gasteiger partial charge on any atom is -0.447 e. The molecular weight excluding hydrogens is 346 g/mol. The monoisotopic (exact) mass is 359 g/mol. The molecule has 0 aliphatic carbocycles. The maximum absolute atomic E-state index is 12.1. The molecule has 1 aliphatic rings. The lowest BCUT2D eigenvalue weighted by Crippen LogP contribution is -2.27. The van der Waals surface area contributed by atoms with Gasteiger partial charge in [-0.1, -0.05) is 58.4 Å². The molecule has 1 amide bonds. The fourth-order valence-corrected chi connectivity index (χ4v) is 2.86. The molecule has 0 saturated carbocycles. The lowest BCUT2D eigenvalue weighted by molar-refractivity contribution is 0.102. The summed E-state index contributed by atoms with van der Waals surface area (Å²) in [5.74, 6) is -0.0225. The van der Waals surface area contributed by atoms with Crippen LogP contribution in [-0.2, 0) is 4.74 Å². The number of amides is 1. The Morgan fingerprint density at radius 3 is 2.68 bits per heavy atom. The zero-order valence-corrected chi connectivity index (χ0v) is 13.3. The van der Waals surface area contributed by atoms with Crippen LogP contribution in [0.4, 0.5) is 10.5 Å². The van der Waals surface area contributed by atoms with Crippen molar-refractivity contribution in [1.29, 1.82) is 0 Å². The van der Waals surface area contributed by atoms with Gasteiger partial charge >= 0.3 is 6.09 Å². The van der Waals surface area contributed by atoms with E-state index in [0.717, 1.165) is 5.56 Å². The highest BCUT2D eigenvalue weighted by Gasteiger charge is 2.35. The quantitative estimate of drug-likeness (QED) is 0.613. The number of carbonyl (C=O) groups is 2. The number of rotatable bonds is 4. The summed E-state index contributed by atoms with van der Waals surface area (Å²) in [5, 5.41) is 0.253. The van der Waals surface area contributed by atoms with E-state index in [-0.39, 0.29) is 17.2 Å². The maximum Gasteiger partial charge on any atom is 0.415 e. The second-order valence-electron chi connectivity index (χ2n) is 4.98. The van der Waals surface area contributed by atoms with Crippen LogP contribution in [0.2, 0.25) is 0 Å². The van der Waals surface area contributed by atoms with Crippen molar-refractivity contribution >= 4 is 33.5 Å². The van der Waals surface area contributed by atoms with Gasteiger partial charge in [0.25, 0.3) is 0 Å². The third-order valence-electron chi connectivity index (χ3n) is 3.63. The number of carbonyl (C=O) groups excluding carboxylic acids is 2. The van der Waals surface area contributed by atoms with E-state index < -0.39 is 6.09 Å². The second-order valence-corrected chi connectivity index (χ2v) is 5.54. The van der Waals surface area contributed by atoms with Crippen molar-refractivity contribution < 1.29 is 14.3 Å². The van der Waals surface area contributed by atoms with Gasteiger partial charge in [0.2, 0.25) is 0 Å². The first-order chi connectivity index (χ1) is 10.7. The Bertz CT molecular complexity index is 702. The zero-order valence-electron chi connectivity index (χ0n) is 11.7. The van der Waals surface area contributed by atoms with Crippen LogP contribution in [0, 0.1) is 0 Å². The van der Waals surface area contributed by atoms with Crippen LogP contribution >= 0.6 is 15.9 Å². The van der Waals surface area contributed by atoms with Crippen LogP contribution in [0.5, 0.6) is 0 Å². The Hall–Kier alpha value is -2.14. The molecule has 0 bridgehead atoms. The third-order valence-corrected chi connectivity index (χ3v) is 4.13. The maximum atomic E-state index is 12.1. The predicted octanol–water partition coefficient (Wildman–Crippen LogP) is 3.96. The first-order valence-electron chi connectivity index (χ1n) is 6.91. The fourth-order valence-electron chi connectivity index (χ4n) is 2.53. The van der Waals surface area contributed by atoms with Crippen LogP contribution in [0.25, 0.3) is 0 Å². The Morgan fingerprint density at radius 2 is 1.95 bits per heavy atom. The molecule has 3 rings (SSSR count). The summed E-state index contributed by atoms with van der Waals surface area (Å²) in [4.78, 5) is 25.5. The van der Waals surface area contributed by atoms with Crippen molar-refractivity contribution in [3.8, 4) is 0 Å². The molecule has 1 aliphatic heterocycles. The molecule has 1 fully saturated rings. The summed E-state index contributed by atoms with van der Waals surface area (Å²) < 4.78 is 5.21. The molecule has 2 aromatic rings. The second kappa shape index (κ2) is 6.32. The summed E-state index contributed by atoms with van der Waals surface area (Å²) in [5.41, 5.74) is 2.25. The summed E-state index contributed by atoms with van der Waals surface area (Å²) >= 11 is 3.17. The SMILES string of the molecule is O=C(CBr)c1cccc(N2C(=O)OC[C@@H]2c2ccccc2)c1. The van der Waals surface area contributed by atoms with Crippen molar-refractivity contribution in [1.82, 2.24) is 0 Å². The van der Waals surface area contributed by atoms with Gasteiger partial charge in [0.1, 0.15) is 6.61 Å². The highest BCUT2D eigenvalue weighted by Crippen LogP contribution is 2.33. The normalized spacial score (nSPS) is 17.4. The standard InChI is InChI=1S/C17H14BrNO3/c18-10-16(20)13-7-4-8-14(9-13)19-15(11-22-17(19)21)12-5-2-1-3-6-12/h1-9,15H,10-11H2/t15-/m1/s1. The van der Waals surface area contributed by atoms with Crippen molar-refractivity contribution in [2.75, 3.05) is 16.8 Å². The summed E-state index contributed by atoms with van der Waals surface area (Å²) in [7, 11) is 0. The predicted molar refractivity (Wildman–Crippen MR) is 87.6 cm³/mol. The van der Waals surface area contributed by atoms with Gasteiger partial charge in [-0.3, -0.25) is 9.69 Å². The van der Waals surface area contributed by atoms with E-state index in [1.807, 2.05) is 36.4 Å². The molecule has 0 aromatic heterocycles. The summed E-state index contributed by atoms with van der Waals surface area (Å²) in [6, 6.07) is 16.6. The highest BCUT2D eigenvalue weighted by atomic mass is 79.9. The van der Waals surface area contributed by atoms with Gasteiger partial charge in [-0.25, -0.2) is 4.79 Å². The molecule has 4 nitrogen and oxygen atoms in total. The molecule has 0 spiro atoms. The number of hydrogen-bond acceptors (Lipinski definition) is 3. The topological polar surface area (TPSA) is 46.6 Å². The van der Waals surface area contributed by atoms with Crippen molar-refractivity contribution in [2.45, 2.75) is 6.04 Å². The lowest BCUT2D eigenvalue weighted by atomic mass is 10.1. The molecule has 5 heteroatoms.